The largest absolute Gasteiger partial charge is 0.489 e. The molecule has 0 saturated heterocycles. The number of ether oxygens (including phenoxy) is 1. The molecule has 0 atom stereocenters. The highest BCUT2D eigenvalue weighted by molar-refractivity contribution is 7.92. The number of sulfonamides is 1. The first-order valence-electron chi connectivity index (χ1n) is 11.3. The number of rotatable bonds is 9. The molecule has 4 rings (SSSR count). The Hall–Kier alpha value is -3.97. The zero-order chi connectivity index (χ0) is 27.8. The Labute approximate surface area is 221 Å². The van der Waals surface area contributed by atoms with Gasteiger partial charge in [0.05, 0.1) is 30.2 Å². The lowest BCUT2D eigenvalue weighted by molar-refractivity contribution is 0.0690. The molecule has 0 saturated carbocycles. The van der Waals surface area contributed by atoms with Gasteiger partial charge in [0.25, 0.3) is 5.91 Å². The number of hydrogen-bond acceptors (Lipinski definition) is 8. The van der Waals surface area contributed by atoms with Gasteiger partial charge in [0.2, 0.25) is 10.0 Å². The molecule has 0 aliphatic carbocycles. The minimum atomic E-state index is -3.93. The van der Waals surface area contributed by atoms with Crippen LogP contribution in [-0.2, 0) is 16.6 Å². The molecule has 2 aromatic heterocycles. The van der Waals surface area contributed by atoms with E-state index in [1.165, 1.54) is 48.8 Å². The molecule has 10 nitrogen and oxygen atoms in total. The van der Waals surface area contributed by atoms with Crippen molar-refractivity contribution in [2.45, 2.75) is 26.5 Å². The lowest BCUT2D eigenvalue weighted by Gasteiger charge is -2.25. The first-order chi connectivity index (χ1) is 17.9. The number of furan rings is 1. The number of carboxylic acids is 1. The number of amides is 1. The van der Waals surface area contributed by atoms with E-state index in [9.17, 15) is 27.5 Å². The van der Waals surface area contributed by atoms with Crippen molar-refractivity contribution in [2.75, 3.05) is 17.6 Å². The quantitative estimate of drug-likeness (QED) is 0.304. The number of aromatic nitrogens is 1. The molecule has 0 radical (unpaired) electrons. The van der Waals surface area contributed by atoms with Gasteiger partial charge in [-0.2, -0.15) is 0 Å². The third kappa shape index (κ3) is 5.48. The molecular formula is C25H24FN3O7S2. The maximum absolute atomic E-state index is 13.6. The fraction of sp³-hybridized carbons (Fsp3) is 0.240. The van der Waals surface area contributed by atoms with Gasteiger partial charge in [-0.05, 0) is 44.2 Å². The van der Waals surface area contributed by atoms with Crippen LogP contribution in [0.2, 0.25) is 0 Å². The Balaban J connectivity index is 1.96. The molecule has 0 fully saturated rings. The van der Waals surface area contributed by atoms with Crippen molar-refractivity contribution in [3.8, 4) is 17.1 Å². The Kier molecular flexibility index (Phi) is 7.42. The molecule has 0 unspecified atom stereocenters. The Bertz CT molecular complexity index is 1630. The van der Waals surface area contributed by atoms with Gasteiger partial charge in [0.15, 0.2) is 5.69 Å². The van der Waals surface area contributed by atoms with Gasteiger partial charge in [-0.3, -0.25) is 9.10 Å². The molecule has 2 N–H and O–H groups in total. The summed E-state index contributed by atoms with van der Waals surface area (Å²) in [4.78, 5) is 28.2. The summed E-state index contributed by atoms with van der Waals surface area (Å²) in [7, 11) is -2.47. The van der Waals surface area contributed by atoms with Gasteiger partial charge in [-0.15, -0.1) is 11.3 Å². The summed E-state index contributed by atoms with van der Waals surface area (Å²) >= 11 is 1.01. The zero-order valence-electron chi connectivity index (χ0n) is 20.8. The van der Waals surface area contributed by atoms with E-state index in [1.54, 1.807) is 13.8 Å². The molecule has 38 heavy (non-hydrogen) atoms. The first kappa shape index (κ1) is 27.1. The smallest absolute Gasteiger partial charge is 0.355 e. The minimum absolute atomic E-state index is 0.114. The standard InChI is InChI=1S/C25H24FN3O7S2/c1-13(2)35-20-9-16-19(36-23(22(16)24(30)27-3)14-5-7-15(26)8-6-14)10-18(20)29(38(4,33)34)11-21-28-17(12-37-21)25(31)32/h5-10,12-13H,11H2,1-4H3,(H,27,30)(H,31,32). The Morgan fingerprint density at radius 2 is 1.92 bits per heavy atom. The Morgan fingerprint density at radius 1 is 1.24 bits per heavy atom. The number of benzene rings is 2. The number of carboxylic acid groups (broad SMARTS) is 1. The molecule has 0 bridgehead atoms. The SMILES string of the molecule is CNC(=O)c1c(-c2ccc(F)cc2)oc2cc(N(Cc3nc(C(=O)O)cs3)S(C)(=O)=O)c(OC(C)C)cc12. The number of nitrogens with one attached hydrogen (secondary N) is 1. The van der Waals surface area contributed by atoms with Crippen molar-refractivity contribution in [1.82, 2.24) is 10.3 Å². The van der Waals surface area contributed by atoms with Crippen molar-refractivity contribution in [3.05, 3.63) is 63.9 Å². The van der Waals surface area contributed by atoms with Gasteiger partial charge in [-0.1, -0.05) is 0 Å². The van der Waals surface area contributed by atoms with Crippen LogP contribution in [0.5, 0.6) is 5.75 Å². The third-order valence-electron chi connectivity index (χ3n) is 5.41. The van der Waals surface area contributed by atoms with E-state index in [2.05, 4.69) is 10.3 Å². The van der Waals surface area contributed by atoms with E-state index in [-0.39, 0.29) is 51.7 Å². The summed E-state index contributed by atoms with van der Waals surface area (Å²) in [6.45, 7) is 3.26. The number of fused-ring (bicyclic) bond motifs is 1. The van der Waals surface area contributed by atoms with Crippen molar-refractivity contribution in [3.63, 3.8) is 0 Å². The third-order valence-corrected chi connectivity index (χ3v) is 7.37. The molecule has 0 aliphatic heterocycles. The van der Waals surface area contributed by atoms with E-state index in [4.69, 9.17) is 9.15 Å². The second-order valence-electron chi connectivity index (χ2n) is 8.58. The van der Waals surface area contributed by atoms with Gasteiger partial charge < -0.3 is 19.6 Å². The van der Waals surface area contributed by atoms with Gasteiger partial charge in [0.1, 0.15) is 27.9 Å². The zero-order valence-corrected chi connectivity index (χ0v) is 22.4. The molecule has 13 heteroatoms. The lowest BCUT2D eigenvalue weighted by Crippen LogP contribution is -2.30. The number of aromatic carboxylic acids is 1. The average Bonchev–Trinajstić information content (AvgIpc) is 3.46. The van der Waals surface area contributed by atoms with Gasteiger partial charge in [-0.25, -0.2) is 22.6 Å². The summed E-state index contributed by atoms with van der Waals surface area (Å²) in [5.41, 5.74) is 0.721. The van der Waals surface area contributed by atoms with E-state index in [0.29, 0.717) is 10.9 Å². The van der Waals surface area contributed by atoms with Crippen LogP contribution in [0, 0.1) is 5.82 Å². The molecule has 200 valence electrons. The van der Waals surface area contributed by atoms with Crippen LogP contribution in [0.3, 0.4) is 0 Å². The van der Waals surface area contributed by atoms with Crippen molar-refractivity contribution in [2.24, 2.45) is 0 Å². The molecule has 0 aliphatic rings. The van der Waals surface area contributed by atoms with Crippen LogP contribution in [0.1, 0.15) is 39.7 Å². The van der Waals surface area contributed by atoms with Crippen LogP contribution in [0.15, 0.2) is 46.2 Å². The van der Waals surface area contributed by atoms with Crippen LogP contribution in [0.25, 0.3) is 22.3 Å². The molecule has 0 spiro atoms. The van der Waals surface area contributed by atoms with Crippen molar-refractivity contribution in [1.29, 1.82) is 0 Å². The van der Waals surface area contributed by atoms with Crippen LogP contribution < -0.4 is 14.4 Å². The molecule has 2 heterocycles. The number of hydrogen-bond donors (Lipinski definition) is 2. The minimum Gasteiger partial charge on any atom is -0.489 e. The van der Waals surface area contributed by atoms with Crippen LogP contribution in [-0.4, -0.2) is 49.8 Å². The van der Waals surface area contributed by atoms with Crippen LogP contribution >= 0.6 is 11.3 Å². The summed E-state index contributed by atoms with van der Waals surface area (Å²) in [6, 6.07) is 8.38. The maximum atomic E-state index is 13.6. The second-order valence-corrected chi connectivity index (χ2v) is 11.4. The fourth-order valence-corrected chi connectivity index (χ4v) is 5.49. The highest BCUT2D eigenvalue weighted by atomic mass is 32.2. The molecular weight excluding hydrogens is 537 g/mol. The predicted molar refractivity (Wildman–Crippen MR) is 141 cm³/mol. The number of thiazole rings is 1. The van der Waals surface area contributed by atoms with E-state index < -0.39 is 27.7 Å². The normalized spacial score (nSPS) is 11.6. The number of anilines is 1. The first-order valence-corrected chi connectivity index (χ1v) is 14.0. The van der Waals surface area contributed by atoms with E-state index in [1.807, 2.05) is 0 Å². The maximum Gasteiger partial charge on any atom is 0.355 e. The van der Waals surface area contributed by atoms with E-state index >= 15 is 0 Å². The number of carbonyl (C=O) groups excluding carboxylic acids is 1. The number of nitrogens with zero attached hydrogens (tertiary/aromatic N) is 2. The van der Waals surface area contributed by atoms with Gasteiger partial charge in [0, 0.05) is 29.4 Å². The highest BCUT2D eigenvalue weighted by Crippen LogP contribution is 2.42. The molecule has 4 aromatic rings. The summed E-state index contributed by atoms with van der Waals surface area (Å²) in [5, 5.41) is 13.7. The summed E-state index contributed by atoms with van der Waals surface area (Å²) in [5.74, 6) is -1.82. The Morgan fingerprint density at radius 3 is 2.47 bits per heavy atom. The second kappa shape index (κ2) is 10.4. The number of halogens is 1. The summed E-state index contributed by atoms with van der Waals surface area (Å²) in [6.07, 6.45) is 0.641. The monoisotopic (exact) mass is 561 g/mol. The summed E-state index contributed by atoms with van der Waals surface area (Å²) < 4.78 is 52.5. The van der Waals surface area contributed by atoms with Crippen molar-refractivity contribution < 1.29 is 36.7 Å². The molecule has 1 amide bonds. The predicted octanol–water partition coefficient (Wildman–Crippen LogP) is 4.51. The van der Waals surface area contributed by atoms with Gasteiger partial charge >= 0.3 is 5.97 Å². The topological polar surface area (TPSA) is 139 Å². The highest BCUT2D eigenvalue weighted by Gasteiger charge is 2.29. The van der Waals surface area contributed by atoms with Crippen LogP contribution in [0.4, 0.5) is 10.1 Å². The molecule has 2 aromatic carbocycles. The number of carbonyl (C=O) groups is 2. The van der Waals surface area contributed by atoms with Crippen molar-refractivity contribution >= 4 is 49.9 Å². The fourth-order valence-electron chi connectivity index (χ4n) is 3.80. The average molecular weight is 562 g/mol. The van der Waals surface area contributed by atoms with E-state index in [0.717, 1.165) is 21.9 Å². The lowest BCUT2D eigenvalue weighted by atomic mass is 10.0.